The fourth-order valence-electron chi connectivity index (χ4n) is 2.98. The third kappa shape index (κ3) is 5.30. The van der Waals surface area contributed by atoms with Gasteiger partial charge in [0.2, 0.25) is 0 Å². The topological polar surface area (TPSA) is 55.6 Å². The molecule has 0 spiro atoms. The molecule has 1 saturated heterocycles. The van der Waals surface area contributed by atoms with Crippen LogP contribution >= 0.6 is 11.6 Å². The van der Waals surface area contributed by atoms with E-state index in [4.69, 9.17) is 22.1 Å². The zero-order valence-corrected chi connectivity index (χ0v) is 13.2. The maximum absolute atomic E-state index is 11.2. The highest BCUT2D eigenvalue weighted by Crippen LogP contribution is 2.21. The Balaban J connectivity index is 1.88. The molecule has 5 heteroatoms. The van der Waals surface area contributed by atoms with Crippen molar-refractivity contribution in [1.82, 2.24) is 4.90 Å². The number of esters is 1. The van der Waals surface area contributed by atoms with Crippen LogP contribution in [0.3, 0.4) is 0 Å². The molecule has 21 heavy (non-hydrogen) atoms. The molecule has 0 radical (unpaired) electrons. The normalized spacial score (nSPS) is 23.0. The number of piperidine rings is 1. The molecule has 1 heterocycles. The Morgan fingerprint density at radius 3 is 2.76 bits per heavy atom. The molecule has 2 atom stereocenters. The summed E-state index contributed by atoms with van der Waals surface area (Å²) in [6.45, 7) is 2.55. The molecule has 0 saturated carbocycles. The van der Waals surface area contributed by atoms with Gasteiger partial charge in [-0.15, -0.1) is 0 Å². The van der Waals surface area contributed by atoms with Gasteiger partial charge < -0.3 is 15.4 Å². The van der Waals surface area contributed by atoms with Gasteiger partial charge >= 0.3 is 5.97 Å². The number of carbonyl (C=O) groups excluding carboxylic acids is 1. The molecule has 2 N–H and O–H groups in total. The first-order valence-electron chi connectivity index (χ1n) is 7.36. The minimum Gasteiger partial charge on any atom is -0.469 e. The Hall–Kier alpha value is -1.10. The molecule has 4 nitrogen and oxygen atoms in total. The summed E-state index contributed by atoms with van der Waals surface area (Å²) in [6, 6.07) is 8.17. The number of likely N-dealkylation sites (tertiary alicyclic amines) is 1. The van der Waals surface area contributed by atoms with Crippen molar-refractivity contribution >= 4 is 17.6 Å². The van der Waals surface area contributed by atoms with Crippen LogP contribution in [0.1, 0.15) is 18.4 Å². The van der Waals surface area contributed by atoms with Crippen molar-refractivity contribution in [2.45, 2.75) is 25.3 Å². The van der Waals surface area contributed by atoms with Gasteiger partial charge in [0.15, 0.2) is 0 Å². The van der Waals surface area contributed by atoms with Crippen molar-refractivity contribution in [3.63, 3.8) is 0 Å². The highest BCUT2D eigenvalue weighted by molar-refractivity contribution is 6.30. The average Bonchev–Trinajstić information content (AvgIpc) is 2.46. The number of ether oxygens (including phenoxy) is 1. The Kier molecular flexibility index (Phi) is 6.03. The lowest BCUT2D eigenvalue weighted by Crippen LogP contribution is -2.48. The van der Waals surface area contributed by atoms with E-state index in [9.17, 15) is 4.79 Å². The molecule has 1 aromatic rings. The number of hydrogen-bond donors (Lipinski definition) is 1. The number of halogens is 1. The number of benzene rings is 1. The average molecular weight is 311 g/mol. The van der Waals surface area contributed by atoms with Crippen LogP contribution in [-0.2, 0) is 16.0 Å². The minimum atomic E-state index is -0.164. The smallest absolute Gasteiger partial charge is 0.306 e. The molecule has 116 valence electrons. The maximum atomic E-state index is 11.2. The third-order valence-electron chi connectivity index (χ3n) is 3.94. The van der Waals surface area contributed by atoms with E-state index in [1.165, 1.54) is 12.7 Å². The Bertz CT molecular complexity index is 464. The summed E-state index contributed by atoms with van der Waals surface area (Å²) in [7, 11) is 1.42. The number of rotatable bonds is 5. The van der Waals surface area contributed by atoms with E-state index in [0.717, 1.165) is 37.5 Å². The van der Waals surface area contributed by atoms with Gasteiger partial charge in [-0.1, -0.05) is 23.7 Å². The van der Waals surface area contributed by atoms with Gasteiger partial charge in [-0.05, 0) is 36.5 Å². The van der Waals surface area contributed by atoms with E-state index in [2.05, 4.69) is 17.0 Å². The van der Waals surface area contributed by atoms with Gasteiger partial charge in [0.1, 0.15) is 0 Å². The summed E-state index contributed by atoms with van der Waals surface area (Å²) >= 11 is 5.91. The number of carbonyl (C=O) groups is 1. The molecule has 1 aromatic carbocycles. The van der Waals surface area contributed by atoms with E-state index in [-0.39, 0.29) is 12.0 Å². The number of methoxy groups -OCH3 is 1. The first kappa shape index (κ1) is 16.3. The lowest BCUT2D eigenvalue weighted by molar-refractivity contribution is -0.141. The molecule has 2 unspecified atom stereocenters. The predicted molar refractivity (Wildman–Crippen MR) is 84.3 cm³/mol. The van der Waals surface area contributed by atoms with Crippen LogP contribution in [0.4, 0.5) is 0 Å². The van der Waals surface area contributed by atoms with Crippen LogP contribution in [0, 0.1) is 5.92 Å². The summed E-state index contributed by atoms with van der Waals surface area (Å²) in [6.07, 6.45) is 2.45. The van der Waals surface area contributed by atoms with Gasteiger partial charge in [0.05, 0.1) is 13.5 Å². The number of nitrogens with two attached hydrogens (primary N) is 1. The molecule has 0 aromatic heterocycles. The van der Waals surface area contributed by atoms with Crippen LogP contribution in [0.5, 0.6) is 0 Å². The lowest BCUT2D eigenvalue weighted by atomic mass is 9.89. The Morgan fingerprint density at radius 1 is 1.38 bits per heavy atom. The van der Waals surface area contributed by atoms with Crippen LogP contribution in [-0.4, -0.2) is 43.7 Å². The van der Waals surface area contributed by atoms with Crippen molar-refractivity contribution < 1.29 is 9.53 Å². The van der Waals surface area contributed by atoms with Gasteiger partial charge in [-0.3, -0.25) is 4.79 Å². The second-order valence-electron chi connectivity index (χ2n) is 5.78. The van der Waals surface area contributed by atoms with Gasteiger partial charge in [-0.2, -0.15) is 0 Å². The number of hydrogen-bond acceptors (Lipinski definition) is 4. The van der Waals surface area contributed by atoms with Crippen molar-refractivity contribution in [3.8, 4) is 0 Å². The summed E-state index contributed by atoms with van der Waals surface area (Å²) < 4.78 is 4.69. The van der Waals surface area contributed by atoms with Gasteiger partial charge in [0, 0.05) is 30.7 Å². The zero-order chi connectivity index (χ0) is 15.2. The highest BCUT2D eigenvalue weighted by Gasteiger charge is 2.25. The fraction of sp³-hybridized carbons (Fsp3) is 0.562. The lowest BCUT2D eigenvalue weighted by Gasteiger charge is -2.36. The SMILES string of the molecule is COC(=O)CCN1CC(N)CC(Cc2ccc(Cl)cc2)C1. The third-order valence-corrected chi connectivity index (χ3v) is 4.19. The van der Waals surface area contributed by atoms with Crippen LogP contribution in [0.25, 0.3) is 0 Å². The zero-order valence-electron chi connectivity index (χ0n) is 12.4. The molecule has 0 aliphatic carbocycles. The Morgan fingerprint density at radius 2 is 2.10 bits per heavy atom. The minimum absolute atomic E-state index is 0.164. The van der Waals surface area contributed by atoms with Crippen molar-refractivity contribution in [1.29, 1.82) is 0 Å². The van der Waals surface area contributed by atoms with E-state index in [1.54, 1.807) is 0 Å². The highest BCUT2D eigenvalue weighted by atomic mass is 35.5. The maximum Gasteiger partial charge on any atom is 0.306 e. The predicted octanol–water partition coefficient (Wildman–Crippen LogP) is 2.09. The quantitative estimate of drug-likeness (QED) is 0.846. The fourth-order valence-corrected chi connectivity index (χ4v) is 3.11. The standard InChI is InChI=1S/C16H23ClN2O2/c1-21-16(20)6-7-19-10-13(9-15(18)11-19)8-12-2-4-14(17)5-3-12/h2-5,13,15H,6-11,18H2,1H3. The summed E-state index contributed by atoms with van der Waals surface area (Å²) in [5.41, 5.74) is 7.44. The first-order chi connectivity index (χ1) is 10.1. The summed E-state index contributed by atoms with van der Waals surface area (Å²) in [4.78, 5) is 13.5. The largest absolute Gasteiger partial charge is 0.469 e. The van der Waals surface area contributed by atoms with Crippen molar-refractivity contribution in [2.75, 3.05) is 26.7 Å². The summed E-state index contributed by atoms with van der Waals surface area (Å²) in [5, 5.41) is 0.763. The van der Waals surface area contributed by atoms with E-state index < -0.39 is 0 Å². The van der Waals surface area contributed by atoms with E-state index in [1.807, 2.05) is 12.1 Å². The monoisotopic (exact) mass is 310 g/mol. The molecule has 1 aliphatic heterocycles. The molecule has 1 aliphatic rings. The van der Waals surface area contributed by atoms with Crippen LogP contribution in [0.2, 0.25) is 5.02 Å². The second kappa shape index (κ2) is 7.78. The van der Waals surface area contributed by atoms with Gasteiger partial charge in [0.25, 0.3) is 0 Å². The first-order valence-corrected chi connectivity index (χ1v) is 7.74. The van der Waals surface area contributed by atoms with Crippen molar-refractivity contribution in [3.05, 3.63) is 34.9 Å². The molecule has 0 bridgehead atoms. The molecular weight excluding hydrogens is 288 g/mol. The number of nitrogens with zero attached hydrogens (tertiary/aromatic N) is 1. The Labute approximate surface area is 131 Å². The second-order valence-corrected chi connectivity index (χ2v) is 6.21. The van der Waals surface area contributed by atoms with E-state index in [0.29, 0.717) is 12.3 Å². The molecule has 2 rings (SSSR count). The molecule has 1 fully saturated rings. The molecule has 0 amide bonds. The van der Waals surface area contributed by atoms with Crippen LogP contribution in [0.15, 0.2) is 24.3 Å². The van der Waals surface area contributed by atoms with Crippen LogP contribution < -0.4 is 5.73 Å². The van der Waals surface area contributed by atoms with E-state index >= 15 is 0 Å². The molecular formula is C16H23ClN2O2. The van der Waals surface area contributed by atoms with Crippen molar-refractivity contribution in [2.24, 2.45) is 11.7 Å². The van der Waals surface area contributed by atoms with Gasteiger partial charge in [-0.25, -0.2) is 0 Å². The summed E-state index contributed by atoms with van der Waals surface area (Å²) in [5.74, 6) is 0.357.